The fraction of sp³-hybridized carbons (Fsp3) is 0.235. The molecular formula is C17H16N4O2. The molecule has 0 aliphatic heterocycles. The van der Waals surface area contributed by atoms with Crippen molar-refractivity contribution in [3.05, 3.63) is 36.8 Å². The second kappa shape index (κ2) is 5.39. The van der Waals surface area contributed by atoms with Crippen LogP contribution in [0.4, 0.5) is 5.82 Å². The zero-order valence-corrected chi connectivity index (χ0v) is 12.7. The third-order valence-electron chi connectivity index (χ3n) is 4.01. The summed E-state index contributed by atoms with van der Waals surface area (Å²) in [7, 11) is 1.99. The molecule has 23 heavy (non-hydrogen) atoms. The molecule has 0 bridgehead atoms. The number of anilines is 1. The Balaban J connectivity index is 1.82. The number of aryl methyl sites for hydroxylation is 1. The fourth-order valence-electron chi connectivity index (χ4n) is 2.67. The average Bonchev–Trinajstić information content (AvgIpc) is 3.31. The molecule has 4 rings (SSSR count). The summed E-state index contributed by atoms with van der Waals surface area (Å²) >= 11 is 0. The highest BCUT2D eigenvalue weighted by Crippen LogP contribution is 2.36. The number of carbonyl (C=O) groups is 1. The standard InChI is InChI=1S/C17H16N4O2/c1-21-14(6-11-7-17(20-10-22)19-9-15(11)21)13-8-18-5-4-16(13)23-12-2-3-12/h4-10,12H,2-3H2,1H3,(H,19,20,22). The molecule has 1 fully saturated rings. The van der Waals surface area contributed by atoms with Gasteiger partial charge in [0.2, 0.25) is 6.41 Å². The Morgan fingerprint density at radius 1 is 1.35 bits per heavy atom. The molecule has 6 nitrogen and oxygen atoms in total. The van der Waals surface area contributed by atoms with E-state index in [-0.39, 0.29) is 0 Å². The normalized spacial score (nSPS) is 14.0. The van der Waals surface area contributed by atoms with E-state index in [0.717, 1.165) is 40.8 Å². The highest BCUT2D eigenvalue weighted by atomic mass is 16.5. The number of aromatic nitrogens is 3. The molecule has 116 valence electrons. The number of nitrogens with zero attached hydrogens (tertiary/aromatic N) is 3. The van der Waals surface area contributed by atoms with Gasteiger partial charge in [-0.15, -0.1) is 0 Å². The largest absolute Gasteiger partial charge is 0.490 e. The Hall–Kier alpha value is -2.89. The van der Waals surface area contributed by atoms with Crippen molar-refractivity contribution in [2.75, 3.05) is 5.32 Å². The van der Waals surface area contributed by atoms with Gasteiger partial charge in [-0.1, -0.05) is 0 Å². The van der Waals surface area contributed by atoms with Crippen LogP contribution in [0.1, 0.15) is 12.8 Å². The number of pyridine rings is 2. The van der Waals surface area contributed by atoms with Gasteiger partial charge in [-0.05, 0) is 31.0 Å². The quantitative estimate of drug-likeness (QED) is 0.736. The summed E-state index contributed by atoms with van der Waals surface area (Å²) in [5.74, 6) is 1.39. The lowest BCUT2D eigenvalue weighted by molar-refractivity contribution is -0.105. The molecule has 3 heterocycles. The van der Waals surface area contributed by atoms with Crippen molar-refractivity contribution in [3.63, 3.8) is 0 Å². The van der Waals surface area contributed by atoms with Crippen molar-refractivity contribution in [1.82, 2.24) is 14.5 Å². The lowest BCUT2D eigenvalue weighted by Crippen LogP contribution is -2.00. The smallest absolute Gasteiger partial charge is 0.212 e. The van der Waals surface area contributed by atoms with E-state index < -0.39 is 0 Å². The molecule has 0 aromatic carbocycles. The number of nitrogens with one attached hydrogen (secondary N) is 1. The number of rotatable bonds is 5. The summed E-state index contributed by atoms with van der Waals surface area (Å²) in [6.07, 6.45) is 8.50. The molecule has 0 spiro atoms. The molecule has 3 aromatic heterocycles. The van der Waals surface area contributed by atoms with Crippen LogP contribution in [0.25, 0.3) is 22.2 Å². The first kappa shape index (κ1) is 13.8. The van der Waals surface area contributed by atoms with Crippen LogP contribution in [0.3, 0.4) is 0 Å². The van der Waals surface area contributed by atoms with Crippen LogP contribution in [0.15, 0.2) is 36.8 Å². The molecule has 0 radical (unpaired) electrons. The van der Waals surface area contributed by atoms with Gasteiger partial charge in [-0.25, -0.2) is 4.98 Å². The van der Waals surface area contributed by atoms with Crippen LogP contribution in [-0.2, 0) is 11.8 Å². The zero-order valence-electron chi connectivity index (χ0n) is 12.7. The van der Waals surface area contributed by atoms with Gasteiger partial charge in [-0.2, -0.15) is 0 Å². The van der Waals surface area contributed by atoms with Crippen LogP contribution in [-0.4, -0.2) is 27.0 Å². The van der Waals surface area contributed by atoms with E-state index in [1.807, 2.05) is 25.4 Å². The number of fused-ring (bicyclic) bond motifs is 1. The predicted octanol–water partition coefficient (Wildman–Crippen LogP) is 2.74. The van der Waals surface area contributed by atoms with E-state index in [1.165, 1.54) is 0 Å². The van der Waals surface area contributed by atoms with E-state index in [0.29, 0.717) is 18.3 Å². The Labute approximate surface area is 133 Å². The van der Waals surface area contributed by atoms with Crippen molar-refractivity contribution in [2.45, 2.75) is 18.9 Å². The molecule has 6 heteroatoms. The number of hydrogen-bond acceptors (Lipinski definition) is 4. The fourth-order valence-corrected chi connectivity index (χ4v) is 2.67. The molecule has 0 saturated heterocycles. The SMILES string of the molecule is Cn1c(-c2cnccc2OC2CC2)cc2cc(NC=O)ncc21. The Morgan fingerprint density at radius 2 is 2.22 bits per heavy atom. The molecule has 1 amide bonds. The molecule has 1 aliphatic carbocycles. The van der Waals surface area contributed by atoms with Gasteiger partial charge in [0.15, 0.2) is 0 Å². The first-order valence-corrected chi connectivity index (χ1v) is 7.53. The van der Waals surface area contributed by atoms with Gasteiger partial charge < -0.3 is 14.6 Å². The number of amides is 1. The highest BCUT2D eigenvalue weighted by molar-refractivity contribution is 5.90. The van der Waals surface area contributed by atoms with E-state index in [9.17, 15) is 4.79 Å². The Kier molecular flexibility index (Phi) is 3.22. The van der Waals surface area contributed by atoms with Crippen molar-refractivity contribution in [2.24, 2.45) is 7.05 Å². The van der Waals surface area contributed by atoms with Crippen molar-refractivity contribution >= 4 is 23.1 Å². The first-order valence-electron chi connectivity index (χ1n) is 7.53. The maximum atomic E-state index is 10.6. The van der Waals surface area contributed by atoms with Crippen molar-refractivity contribution in [3.8, 4) is 17.0 Å². The van der Waals surface area contributed by atoms with Crippen LogP contribution in [0.2, 0.25) is 0 Å². The minimum absolute atomic E-state index is 0.330. The summed E-state index contributed by atoms with van der Waals surface area (Å²) in [6.45, 7) is 0. The Bertz CT molecular complexity index is 883. The third-order valence-corrected chi connectivity index (χ3v) is 4.01. The highest BCUT2D eigenvalue weighted by Gasteiger charge is 2.25. The van der Waals surface area contributed by atoms with Crippen molar-refractivity contribution in [1.29, 1.82) is 0 Å². The molecule has 0 unspecified atom stereocenters. The number of carbonyl (C=O) groups excluding carboxylic acids is 1. The molecule has 1 aliphatic rings. The van der Waals surface area contributed by atoms with Crippen LogP contribution in [0.5, 0.6) is 5.75 Å². The lowest BCUT2D eigenvalue weighted by Gasteiger charge is -2.11. The van der Waals surface area contributed by atoms with Crippen molar-refractivity contribution < 1.29 is 9.53 Å². The Morgan fingerprint density at radius 3 is 3.00 bits per heavy atom. The molecule has 0 atom stereocenters. The summed E-state index contributed by atoms with van der Waals surface area (Å²) in [5, 5.41) is 3.58. The molecule has 1 N–H and O–H groups in total. The third kappa shape index (κ3) is 2.52. The monoisotopic (exact) mass is 308 g/mol. The lowest BCUT2D eigenvalue weighted by atomic mass is 10.2. The van der Waals surface area contributed by atoms with E-state index in [2.05, 4.69) is 25.9 Å². The van der Waals surface area contributed by atoms with Gasteiger partial charge >= 0.3 is 0 Å². The van der Waals surface area contributed by atoms with E-state index in [1.54, 1.807) is 12.4 Å². The minimum atomic E-state index is 0.330. The topological polar surface area (TPSA) is 69.0 Å². The molecular weight excluding hydrogens is 292 g/mol. The summed E-state index contributed by atoms with van der Waals surface area (Å²) in [6, 6.07) is 5.82. The molecule has 1 saturated carbocycles. The summed E-state index contributed by atoms with van der Waals surface area (Å²) in [4.78, 5) is 19.1. The second-order valence-electron chi connectivity index (χ2n) is 5.67. The van der Waals surface area contributed by atoms with E-state index in [4.69, 9.17) is 4.74 Å². The van der Waals surface area contributed by atoms with Gasteiger partial charge in [0.25, 0.3) is 0 Å². The molecule has 3 aromatic rings. The van der Waals surface area contributed by atoms with Crippen LogP contribution >= 0.6 is 0 Å². The summed E-state index contributed by atoms with van der Waals surface area (Å²) in [5.41, 5.74) is 2.95. The second-order valence-corrected chi connectivity index (χ2v) is 5.67. The maximum Gasteiger partial charge on any atom is 0.212 e. The zero-order chi connectivity index (χ0) is 15.8. The average molecular weight is 308 g/mol. The first-order chi connectivity index (χ1) is 11.3. The van der Waals surface area contributed by atoms with Gasteiger partial charge in [0.1, 0.15) is 11.6 Å². The number of ether oxygens (including phenoxy) is 1. The van der Waals surface area contributed by atoms with Gasteiger partial charge in [-0.3, -0.25) is 9.78 Å². The van der Waals surface area contributed by atoms with Gasteiger partial charge in [0, 0.05) is 24.8 Å². The summed E-state index contributed by atoms with van der Waals surface area (Å²) < 4.78 is 8.06. The van der Waals surface area contributed by atoms with E-state index >= 15 is 0 Å². The van der Waals surface area contributed by atoms with Gasteiger partial charge in [0.05, 0.1) is 29.1 Å². The number of hydrogen-bond donors (Lipinski definition) is 1. The minimum Gasteiger partial charge on any atom is -0.490 e. The van der Waals surface area contributed by atoms with Crippen LogP contribution < -0.4 is 10.1 Å². The maximum absolute atomic E-state index is 10.6. The van der Waals surface area contributed by atoms with Crippen LogP contribution in [0, 0.1) is 0 Å². The predicted molar refractivity (Wildman–Crippen MR) is 87.3 cm³/mol.